The van der Waals surface area contributed by atoms with Crippen LogP contribution in [0.2, 0.25) is 0 Å². The molecule has 168 valence electrons. The zero-order valence-corrected chi connectivity index (χ0v) is 19.6. The van der Waals surface area contributed by atoms with Gasteiger partial charge in [-0.15, -0.1) is 10.2 Å². The molecule has 0 saturated heterocycles. The summed E-state index contributed by atoms with van der Waals surface area (Å²) in [4.78, 5) is 25.0. The van der Waals surface area contributed by atoms with Gasteiger partial charge in [0.15, 0.2) is 11.0 Å². The summed E-state index contributed by atoms with van der Waals surface area (Å²) < 4.78 is 1.84. The van der Waals surface area contributed by atoms with Crippen molar-refractivity contribution in [3.8, 4) is 0 Å². The number of amides is 2. The number of nitrogens with zero attached hydrogens (tertiary/aromatic N) is 3. The van der Waals surface area contributed by atoms with Crippen molar-refractivity contribution in [2.75, 3.05) is 5.75 Å². The van der Waals surface area contributed by atoms with Crippen LogP contribution >= 0.6 is 11.8 Å². The standard InChI is InChI=1S/C24H29N5O2S/c1-16(2)21(26-23(31)19-12-10-17(3)11-13-19)22-27-28-24(29(22)4)32-15-20(30)25-14-18-8-6-5-7-9-18/h5-13,16,21H,14-15H2,1-4H3,(H,25,30)(H,26,31)/t21-/m1/s1. The second-order valence-electron chi connectivity index (χ2n) is 8.01. The van der Waals surface area contributed by atoms with E-state index in [1.54, 1.807) is 0 Å². The van der Waals surface area contributed by atoms with E-state index in [0.717, 1.165) is 11.1 Å². The number of hydrogen-bond acceptors (Lipinski definition) is 5. The predicted octanol–water partition coefficient (Wildman–Crippen LogP) is 3.66. The Balaban J connectivity index is 1.61. The Bertz CT molecular complexity index is 1050. The fraction of sp³-hybridized carbons (Fsp3) is 0.333. The van der Waals surface area contributed by atoms with E-state index < -0.39 is 0 Å². The molecule has 0 saturated carbocycles. The third-order valence-corrected chi connectivity index (χ3v) is 6.10. The topological polar surface area (TPSA) is 88.9 Å². The molecule has 0 fully saturated rings. The summed E-state index contributed by atoms with van der Waals surface area (Å²) in [6.07, 6.45) is 0. The Morgan fingerprint density at radius 1 is 1.03 bits per heavy atom. The van der Waals surface area contributed by atoms with Crippen LogP contribution in [-0.2, 0) is 18.4 Å². The van der Waals surface area contributed by atoms with Crippen LogP contribution in [-0.4, -0.2) is 32.3 Å². The molecule has 1 heterocycles. The monoisotopic (exact) mass is 451 g/mol. The molecule has 32 heavy (non-hydrogen) atoms. The first-order valence-electron chi connectivity index (χ1n) is 10.6. The van der Waals surface area contributed by atoms with Crippen LogP contribution in [0.15, 0.2) is 59.8 Å². The molecule has 0 aliphatic rings. The van der Waals surface area contributed by atoms with Crippen LogP contribution in [0.4, 0.5) is 0 Å². The van der Waals surface area contributed by atoms with E-state index in [4.69, 9.17) is 0 Å². The van der Waals surface area contributed by atoms with Crippen molar-refractivity contribution in [3.05, 3.63) is 77.1 Å². The molecule has 2 amide bonds. The van der Waals surface area contributed by atoms with E-state index in [1.807, 2.05) is 87.0 Å². The van der Waals surface area contributed by atoms with E-state index in [9.17, 15) is 9.59 Å². The Morgan fingerprint density at radius 3 is 2.38 bits per heavy atom. The first-order valence-corrected chi connectivity index (χ1v) is 11.5. The number of rotatable bonds is 9. The van der Waals surface area contributed by atoms with Crippen molar-refractivity contribution >= 4 is 23.6 Å². The highest BCUT2D eigenvalue weighted by Crippen LogP contribution is 2.24. The lowest BCUT2D eigenvalue weighted by Gasteiger charge is -2.21. The maximum absolute atomic E-state index is 12.7. The first-order chi connectivity index (χ1) is 15.3. The van der Waals surface area contributed by atoms with Crippen molar-refractivity contribution in [3.63, 3.8) is 0 Å². The second-order valence-corrected chi connectivity index (χ2v) is 8.95. The summed E-state index contributed by atoms with van der Waals surface area (Å²) in [6.45, 7) is 6.53. The van der Waals surface area contributed by atoms with Gasteiger partial charge in [0, 0.05) is 19.2 Å². The number of nitrogens with one attached hydrogen (secondary N) is 2. The van der Waals surface area contributed by atoms with Crippen molar-refractivity contribution in [1.29, 1.82) is 0 Å². The summed E-state index contributed by atoms with van der Waals surface area (Å²) in [7, 11) is 1.85. The first kappa shape index (κ1) is 23.5. The SMILES string of the molecule is Cc1ccc(C(=O)N[C@@H](c2nnc(SCC(=O)NCc3ccccc3)n2C)C(C)C)cc1. The van der Waals surface area contributed by atoms with E-state index in [0.29, 0.717) is 23.1 Å². The zero-order chi connectivity index (χ0) is 23.1. The minimum absolute atomic E-state index is 0.0727. The molecule has 7 nitrogen and oxygen atoms in total. The van der Waals surface area contributed by atoms with Gasteiger partial charge >= 0.3 is 0 Å². The third-order valence-electron chi connectivity index (χ3n) is 5.08. The molecule has 8 heteroatoms. The lowest BCUT2D eigenvalue weighted by atomic mass is 10.0. The van der Waals surface area contributed by atoms with Crippen molar-refractivity contribution < 1.29 is 9.59 Å². The van der Waals surface area contributed by atoms with Gasteiger partial charge in [0.25, 0.3) is 5.91 Å². The van der Waals surface area contributed by atoms with Gasteiger partial charge in [-0.2, -0.15) is 0 Å². The number of aryl methyl sites for hydroxylation is 1. The summed E-state index contributed by atoms with van der Waals surface area (Å²) in [5, 5.41) is 15.2. The average molecular weight is 452 g/mol. The number of carbonyl (C=O) groups excluding carboxylic acids is 2. The highest BCUT2D eigenvalue weighted by Gasteiger charge is 2.25. The van der Waals surface area contributed by atoms with Crippen LogP contribution < -0.4 is 10.6 Å². The van der Waals surface area contributed by atoms with Crippen LogP contribution in [0.25, 0.3) is 0 Å². The average Bonchev–Trinajstić information content (AvgIpc) is 3.15. The van der Waals surface area contributed by atoms with Gasteiger partial charge in [-0.25, -0.2) is 0 Å². The van der Waals surface area contributed by atoms with Crippen LogP contribution in [0.1, 0.15) is 47.2 Å². The normalized spacial score (nSPS) is 11.9. The molecule has 3 aromatic rings. The van der Waals surface area contributed by atoms with Gasteiger partial charge in [0.05, 0.1) is 11.8 Å². The third kappa shape index (κ3) is 6.20. The molecule has 0 aliphatic carbocycles. The van der Waals surface area contributed by atoms with E-state index >= 15 is 0 Å². The Morgan fingerprint density at radius 2 is 1.72 bits per heavy atom. The van der Waals surface area contributed by atoms with Gasteiger partial charge in [-0.05, 0) is 30.5 Å². The number of carbonyl (C=O) groups is 2. The number of aromatic nitrogens is 3. The lowest BCUT2D eigenvalue weighted by Crippen LogP contribution is -2.33. The molecule has 1 atom stereocenters. The van der Waals surface area contributed by atoms with E-state index in [1.165, 1.54) is 11.8 Å². The molecule has 0 aliphatic heterocycles. The maximum atomic E-state index is 12.7. The van der Waals surface area contributed by atoms with Gasteiger partial charge in [0.1, 0.15) is 0 Å². The number of benzene rings is 2. The smallest absolute Gasteiger partial charge is 0.251 e. The molecule has 0 bridgehead atoms. The summed E-state index contributed by atoms with van der Waals surface area (Å²) >= 11 is 1.32. The Hall–Kier alpha value is -3.13. The molecule has 0 spiro atoms. The maximum Gasteiger partial charge on any atom is 0.251 e. The Kier molecular flexibility index (Phi) is 8.05. The van der Waals surface area contributed by atoms with Crippen molar-refractivity contribution in [1.82, 2.24) is 25.4 Å². The zero-order valence-electron chi connectivity index (χ0n) is 18.8. The molecule has 3 rings (SSSR count). The Labute approximate surface area is 193 Å². The van der Waals surface area contributed by atoms with Gasteiger partial charge in [0.2, 0.25) is 5.91 Å². The minimum atomic E-state index is -0.303. The number of thioether (sulfide) groups is 1. The van der Waals surface area contributed by atoms with Gasteiger partial charge in [-0.3, -0.25) is 9.59 Å². The largest absolute Gasteiger partial charge is 0.351 e. The second kappa shape index (κ2) is 10.9. The van der Waals surface area contributed by atoms with Gasteiger partial charge < -0.3 is 15.2 Å². The molecular formula is C24H29N5O2S. The van der Waals surface area contributed by atoms with Crippen LogP contribution in [0.3, 0.4) is 0 Å². The fourth-order valence-electron chi connectivity index (χ4n) is 3.16. The van der Waals surface area contributed by atoms with Crippen LogP contribution in [0, 0.1) is 12.8 Å². The van der Waals surface area contributed by atoms with E-state index in [-0.39, 0.29) is 29.5 Å². The highest BCUT2D eigenvalue weighted by molar-refractivity contribution is 7.99. The minimum Gasteiger partial charge on any atom is -0.351 e. The summed E-state index contributed by atoms with van der Waals surface area (Å²) in [5.41, 5.74) is 2.76. The molecule has 0 radical (unpaired) electrons. The number of hydrogen-bond donors (Lipinski definition) is 2. The van der Waals surface area contributed by atoms with Crippen LogP contribution in [0.5, 0.6) is 0 Å². The molecule has 2 aromatic carbocycles. The molecule has 2 N–H and O–H groups in total. The molecular weight excluding hydrogens is 422 g/mol. The highest BCUT2D eigenvalue weighted by atomic mass is 32.2. The predicted molar refractivity (Wildman–Crippen MR) is 126 cm³/mol. The molecule has 1 aromatic heterocycles. The molecule has 0 unspecified atom stereocenters. The van der Waals surface area contributed by atoms with Crippen molar-refractivity contribution in [2.24, 2.45) is 13.0 Å². The summed E-state index contributed by atoms with van der Waals surface area (Å²) in [5.74, 6) is 0.783. The van der Waals surface area contributed by atoms with Crippen molar-refractivity contribution in [2.45, 2.75) is 38.5 Å². The summed E-state index contributed by atoms with van der Waals surface area (Å²) in [6, 6.07) is 16.9. The van der Waals surface area contributed by atoms with Gasteiger partial charge in [-0.1, -0.05) is 73.6 Å². The fourth-order valence-corrected chi connectivity index (χ4v) is 3.91. The van der Waals surface area contributed by atoms with E-state index in [2.05, 4.69) is 20.8 Å². The quantitative estimate of drug-likeness (QED) is 0.485. The lowest BCUT2D eigenvalue weighted by molar-refractivity contribution is -0.118.